The number of hydrogen-bond acceptors (Lipinski definition) is 1. The van der Waals surface area contributed by atoms with E-state index in [1.54, 1.807) is 0 Å². The predicted octanol–water partition coefficient (Wildman–Crippen LogP) is 5.23. The number of hydrogen-bond donors (Lipinski definition) is 0. The van der Waals surface area contributed by atoms with Gasteiger partial charge in [-0.2, -0.15) is 0 Å². The summed E-state index contributed by atoms with van der Waals surface area (Å²) in [7, 11) is 0. The highest BCUT2D eigenvalue weighted by atomic mass is 16.1. The van der Waals surface area contributed by atoms with E-state index in [9.17, 15) is 4.79 Å². The van der Waals surface area contributed by atoms with Gasteiger partial charge in [0, 0.05) is 11.8 Å². The van der Waals surface area contributed by atoms with E-state index in [2.05, 4.69) is 20.8 Å². The van der Waals surface area contributed by atoms with Gasteiger partial charge in [0.25, 0.3) is 0 Å². The van der Waals surface area contributed by atoms with Gasteiger partial charge in [-0.05, 0) is 80.0 Å². The first-order valence-corrected chi connectivity index (χ1v) is 9.48. The molecule has 0 aromatic carbocycles. The Balaban J connectivity index is 1.64. The lowest BCUT2D eigenvalue weighted by Crippen LogP contribution is -2.53. The second-order valence-electron chi connectivity index (χ2n) is 9.45. The maximum atomic E-state index is 12.4. The van der Waals surface area contributed by atoms with Gasteiger partial charge in [-0.1, -0.05) is 27.2 Å². The van der Waals surface area contributed by atoms with Crippen molar-refractivity contribution in [2.75, 3.05) is 0 Å². The molecule has 4 aliphatic carbocycles. The zero-order valence-corrected chi connectivity index (χ0v) is 14.2. The summed E-state index contributed by atoms with van der Waals surface area (Å²) in [6.45, 7) is 7.39. The van der Waals surface area contributed by atoms with Crippen molar-refractivity contribution in [2.45, 2.75) is 78.6 Å². The van der Waals surface area contributed by atoms with E-state index >= 15 is 0 Å². The molecule has 0 aromatic rings. The van der Waals surface area contributed by atoms with E-state index in [1.165, 1.54) is 51.4 Å². The fourth-order valence-corrected chi connectivity index (χ4v) is 7.24. The minimum absolute atomic E-state index is 0.0618. The molecule has 4 aliphatic rings. The second kappa shape index (κ2) is 4.59. The molecule has 4 fully saturated rings. The van der Waals surface area contributed by atoms with E-state index in [0.717, 1.165) is 36.0 Å². The fourth-order valence-electron chi connectivity index (χ4n) is 7.24. The SMILES string of the molecule is CC1CC[C@@]2(C)[C@@H](CC[C@@H]3[C@@H]2CC[C@]2(C)C(=O)CC[C@@H]32)C1. The summed E-state index contributed by atoms with van der Waals surface area (Å²) in [5.41, 5.74) is 0.661. The van der Waals surface area contributed by atoms with Gasteiger partial charge in [-0.15, -0.1) is 0 Å². The van der Waals surface area contributed by atoms with Gasteiger partial charge < -0.3 is 0 Å². The molecule has 1 heteroatoms. The van der Waals surface area contributed by atoms with Crippen molar-refractivity contribution in [1.82, 2.24) is 0 Å². The van der Waals surface area contributed by atoms with Crippen molar-refractivity contribution in [1.29, 1.82) is 0 Å². The number of Topliss-reactive ketones (excluding diaryl/α,β-unsaturated/α-hetero) is 1. The summed E-state index contributed by atoms with van der Waals surface area (Å²) in [6, 6.07) is 0. The zero-order valence-electron chi connectivity index (χ0n) is 14.2. The second-order valence-corrected chi connectivity index (χ2v) is 9.45. The summed E-state index contributed by atoms with van der Waals surface area (Å²) in [4.78, 5) is 12.4. The van der Waals surface area contributed by atoms with Crippen LogP contribution in [-0.4, -0.2) is 5.78 Å². The summed E-state index contributed by atoms with van der Waals surface area (Å²) < 4.78 is 0. The van der Waals surface area contributed by atoms with Gasteiger partial charge in [0.15, 0.2) is 0 Å². The van der Waals surface area contributed by atoms with E-state index < -0.39 is 0 Å². The molecule has 118 valence electrons. The van der Waals surface area contributed by atoms with Crippen LogP contribution < -0.4 is 0 Å². The van der Waals surface area contributed by atoms with Crippen LogP contribution in [-0.2, 0) is 4.79 Å². The lowest BCUT2D eigenvalue weighted by atomic mass is 9.45. The highest BCUT2D eigenvalue weighted by molar-refractivity contribution is 5.87. The average molecular weight is 288 g/mol. The minimum atomic E-state index is 0.0618. The normalized spacial score (nSPS) is 56.5. The molecule has 4 rings (SSSR count). The zero-order chi connectivity index (χ0) is 14.8. The number of rotatable bonds is 0. The van der Waals surface area contributed by atoms with E-state index in [4.69, 9.17) is 0 Å². The standard InChI is InChI=1S/C20H32O/c1-13-8-10-19(2)14(12-13)4-5-15-16-6-7-18(21)20(16,3)11-9-17(15)19/h13-17H,4-12H2,1-3H3/t13?,14-,15-,16-,17-,19-,20-/m0/s1. The number of ketones is 1. The molecule has 0 aromatic heterocycles. The van der Waals surface area contributed by atoms with Gasteiger partial charge >= 0.3 is 0 Å². The predicted molar refractivity (Wildman–Crippen MR) is 85.9 cm³/mol. The van der Waals surface area contributed by atoms with Crippen LogP contribution in [0.2, 0.25) is 0 Å². The maximum absolute atomic E-state index is 12.4. The summed E-state index contributed by atoms with van der Waals surface area (Å²) >= 11 is 0. The molecule has 0 N–H and O–H groups in total. The first-order chi connectivity index (χ1) is 9.95. The third kappa shape index (κ3) is 1.85. The van der Waals surface area contributed by atoms with Gasteiger partial charge in [0.1, 0.15) is 5.78 Å². The van der Waals surface area contributed by atoms with Crippen molar-refractivity contribution in [3.8, 4) is 0 Å². The topological polar surface area (TPSA) is 17.1 Å². The van der Waals surface area contributed by atoms with Crippen molar-refractivity contribution in [3.05, 3.63) is 0 Å². The Labute approximate surface area is 130 Å². The molecule has 0 heterocycles. The Kier molecular flexibility index (Phi) is 3.12. The van der Waals surface area contributed by atoms with Crippen LogP contribution in [0.1, 0.15) is 78.6 Å². The van der Waals surface area contributed by atoms with Gasteiger partial charge in [-0.3, -0.25) is 4.79 Å². The van der Waals surface area contributed by atoms with Crippen LogP contribution in [0.4, 0.5) is 0 Å². The Hall–Kier alpha value is -0.330. The third-order valence-corrected chi connectivity index (χ3v) is 8.64. The summed E-state index contributed by atoms with van der Waals surface area (Å²) in [6.07, 6.45) is 11.8. The lowest BCUT2D eigenvalue weighted by Gasteiger charge is -2.60. The van der Waals surface area contributed by atoms with Crippen LogP contribution in [0.25, 0.3) is 0 Å². The van der Waals surface area contributed by atoms with E-state index in [-0.39, 0.29) is 5.41 Å². The highest BCUT2D eigenvalue weighted by Gasteiger charge is 2.59. The van der Waals surface area contributed by atoms with Gasteiger partial charge in [-0.25, -0.2) is 0 Å². The first kappa shape index (κ1) is 14.3. The van der Waals surface area contributed by atoms with Crippen molar-refractivity contribution in [2.24, 2.45) is 40.4 Å². The number of fused-ring (bicyclic) bond motifs is 5. The fraction of sp³-hybridized carbons (Fsp3) is 0.950. The molecule has 0 bridgehead atoms. The van der Waals surface area contributed by atoms with Crippen LogP contribution >= 0.6 is 0 Å². The summed E-state index contributed by atoms with van der Waals surface area (Å²) in [5.74, 6) is 5.03. The average Bonchev–Trinajstić information content (AvgIpc) is 2.76. The Morgan fingerprint density at radius 2 is 1.76 bits per heavy atom. The molecular weight excluding hydrogens is 256 g/mol. The number of carbonyl (C=O) groups is 1. The third-order valence-electron chi connectivity index (χ3n) is 8.64. The van der Waals surface area contributed by atoms with E-state index in [1.807, 2.05) is 0 Å². The maximum Gasteiger partial charge on any atom is 0.139 e. The molecule has 21 heavy (non-hydrogen) atoms. The van der Waals surface area contributed by atoms with Crippen LogP contribution in [0.5, 0.6) is 0 Å². The van der Waals surface area contributed by atoms with Crippen molar-refractivity contribution >= 4 is 5.78 Å². The van der Waals surface area contributed by atoms with Crippen LogP contribution in [0.15, 0.2) is 0 Å². The molecule has 0 aliphatic heterocycles. The van der Waals surface area contributed by atoms with Crippen LogP contribution in [0.3, 0.4) is 0 Å². The minimum Gasteiger partial charge on any atom is -0.299 e. The van der Waals surface area contributed by atoms with Crippen molar-refractivity contribution < 1.29 is 4.79 Å². The Morgan fingerprint density at radius 3 is 2.57 bits per heavy atom. The van der Waals surface area contributed by atoms with Crippen molar-refractivity contribution in [3.63, 3.8) is 0 Å². The molecule has 1 unspecified atom stereocenters. The highest BCUT2D eigenvalue weighted by Crippen LogP contribution is 2.65. The summed E-state index contributed by atoms with van der Waals surface area (Å²) in [5, 5.41) is 0. The van der Waals surface area contributed by atoms with Crippen LogP contribution in [0, 0.1) is 40.4 Å². The largest absolute Gasteiger partial charge is 0.299 e. The smallest absolute Gasteiger partial charge is 0.139 e. The molecule has 0 saturated heterocycles. The van der Waals surface area contributed by atoms with Gasteiger partial charge in [0.2, 0.25) is 0 Å². The molecule has 0 radical (unpaired) electrons. The number of carbonyl (C=O) groups excluding carboxylic acids is 1. The molecule has 0 amide bonds. The Morgan fingerprint density at radius 1 is 0.952 bits per heavy atom. The Bertz CT molecular complexity index is 455. The molecule has 4 saturated carbocycles. The lowest BCUT2D eigenvalue weighted by molar-refractivity contribution is -0.139. The molecule has 1 nitrogen and oxygen atoms in total. The quantitative estimate of drug-likeness (QED) is 0.596. The molecule has 0 spiro atoms. The molecular formula is C20H32O. The molecule has 7 atom stereocenters. The van der Waals surface area contributed by atoms with E-state index in [0.29, 0.717) is 11.2 Å². The monoisotopic (exact) mass is 288 g/mol. The first-order valence-electron chi connectivity index (χ1n) is 9.48. The van der Waals surface area contributed by atoms with Gasteiger partial charge in [0.05, 0.1) is 0 Å².